The molecule has 230 valence electrons. The molecule has 7 aromatic carbocycles. The van der Waals surface area contributed by atoms with Crippen molar-refractivity contribution >= 4 is 94.8 Å². The van der Waals surface area contributed by atoms with E-state index in [1.807, 2.05) is 11.3 Å². The Bertz CT molecular complexity index is 2470. The fourth-order valence-corrected chi connectivity index (χ4v) is 10.0. The molecule has 2 aliphatic heterocycles. The van der Waals surface area contributed by atoms with Gasteiger partial charge in [-0.1, -0.05) is 174 Å². The minimum atomic E-state index is -0.0879. The fourth-order valence-electron chi connectivity index (χ4n) is 8.92. The number of benzene rings is 7. The third-order valence-corrected chi connectivity index (χ3v) is 12.2. The molecule has 0 unspecified atom stereocenters. The Kier molecular flexibility index (Phi) is 6.35. The normalized spacial score (nSPS) is 14.4. The van der Waals surface area contributed by atoms with Gasteiger partial charge in [0, 0.05) is 25.9 Å². The van der Waals surface area contributed by atoms with Crippen LogP contribution in [0.4, 0.5) is 17.1 Å². The molecule has 0 saturated heterocycles. The van der Waals surface area contributed by atoms with Gasteiger partial charge in [-0.25, -0.2) is 0 Å². The second-order valence-corrected chi connectivity index (χ2v) is 15.1. The predicted octanol–water partition coefficient (Wildman–Crippen LogP) is 7.51. The first-order valence-corrected chi connectivity index (χ1v) is 18.1. The summed E-state index contributed by atoms with van der Waals surface area (Å²) in [6, 6.07) is 61.3. The molecule has 0 fully saturated rings. The molecule has 10 rings (SSSR count). The summed E-state index contributed by atoms with van der Waals surface area (Å²) in [6.07, 6.45) is 0. The molecule has 0 bridgehead atoms. The third-order valence-electron chi connectivity index (χ3n) is 11.1. The number of para-hydroxylation sites is 2. The Balaban J connectivity index is 1.21. The highest BCUT2D eigenvalue weighted by atomic mass is 32.1. The average molecular weight is 641 g/mol. The minimum Gasteiger partial charge on any atom is -0.310 e. The molecule has 0 spiro atoms. The van der Waals surface area contributed by atoms with Crippen molar-refractivity contribution in [3.8, 4) is 0 Å². The molecule has 8 aromatic rings. The average Bonchev–Trinajstić information content (AvgIpc) is 3.53. The summed E-state index contributed by atoms with van der Waals surface area (Å²) in [4.78, 5) is 2.48. The Morgan fingerprint density at radius 2 is 1.00 bits per heavy atom. The van der Waals surface area contributed by atoms with Gasteiger partial charge in [-0.3, -0.25) is 0 Å². The maximum atomic E-state index is 2.48. The summed E-state index contributed by atoms with van der Waals surface area (Å²) in [7, 11) is 0. The van der Waals surface area contributed by atoms with Crippen LogP contribution in [0.15, 0.2) is 164 Å². The van der Waals surface area contributed by atoms with Gasteiger partial charge >= 0.3 is 0 Å². The summed E-state index contributed by atoms with van der Waals surface area (Å²) in [6.45, 7) is 5.05. The molecular weight excluding hydrogens is 608 g/mol. The van der Waals surface area contributed by atoms with E-state index in [4.69, 9.17) is 0 Å². The van der Waals surface area contributed by atoms with Gasteiger partial charge in [0.05, 0.1) is 11.4 Å². The number of thiophene rings is 1. The van der Waals surface area contributed by atoms with E-state index in [9.17, 15) is 0 Å². The highest BCUT2D eigenvalue weighted by Crippen LogP contribution is 2.52. The topological polar surface area (TPSA) is 3.24 Å². The van der Waals surface area contributed by atoms with E-state index in [0.29, 0.717) is 0 Å². The van der Waals surface area contributed by atoms with E-state index in [1.54, 1.807) is 0 Å². The van der Waals surface area contributed by atoms with Gasteiger partial charge in [-0.15, -0.1) is 11.3 Å². The number of hydrogen-bond donors (Lipinski definition) is 0. The highest BCUT2D eigenvalue weighted by molar-refractivity contribution is 7.26. The van der Waals surface area contributed by atoms with Crippen LogP contribution in [0, 0.1) is 0 Å². The Morgan fingerprint density at radius 3 is 1.63 bits per heavy atom. The lowest BCUT2D eigenvalue weighted by Crippen LogP contribution is -2.74. The first kappa shape index (κ1) is 28.7. The molecule has 0 N–H and O–H groups in total. The van der Waals surface area contributed by atoms with E-state index < -0.39 is 0 Å². The minimum absolute atomic E-state index is 0.0879. The maximum Gasteiger partial charge on any atom is 0.240 e. The van der Waals surface area contributed by atoms with Gasteiger partial charge < -0.3 is 4.90 Å². The molecule has 0 aliphatic carbocycles. The maximum absolute atomic E-state index is 2.48. The molecule has 0 atom stereocenters. The SMILES string of the molecule is CC1(C)c2ccccc2N(c2ccc3sc4cccc(B5c6ccccc6B(c6ccccc6)c6ccccc65)c4c3c2)c2ccccc21. The van der Waals surface area contributed by atoms with Crippen molar-refractivity contribution in [1.29, 1.82) is 0 Å². The van der Waals surface area contributed by atoms with Gasteiger partial charge in [0.15, 0.2) is 0 Å². The number of fused-ring (bicyclic) bond motifs is 7. The number of anilines is 3. The van der Waals surface area contributed by atoms with Crippen LogP contribution >= 0.6 is 11.3 Å². The van der Waals surface area contributed by atoms with Crippen molar-refractivity contribution < 1.29 is 0 Å². The van der Waals surface area contributed by atoms with Crippen molar-refractivity contribution in [1.82, 2.24) is 0 Å². The predicted molar refractivity (Wildman–Crippen MR) is 215 cm³/mol. The molecule has 4 heteroatoms. The van der Waals surface area contributed by atoms with Gasteiger partial charge in [-0.2, -0.15) is 0 Å². The van der Waals surface area contributed by atoms with Crippen LogP contribution in [0.25, 0.3) is 20.2 Å². The summed E-state index contributed by atoms with van der Waals surface area (Å²) in [5, 5.41) is 2.70. The zero-order valence-corrected chi connectivity index (χ0v) is 28.4. The summed E-state index contributed by atoms with van der Waals surface area (Å²) in [5.41, 5.74) is 14.7. The largest absolute Gasteiger partial charge is 0.310 e. The second-order valence-electron chi connectivity index (χ2n) is 14.0. The number of nitrogens with zero attached hydrogens (tertiary/aromatic N) is 1. The van der Waals surface area contributed by atoms with Crippen LogP contribution in [0.5, 0.6) is 0 Å². The van der Waals surface area contributed by atoms with Crippen LogP contribution in [-0.4, -0.2) is 13.4 Å². The summed E-state index contributed by atoms with van der Waals surface area (Å²) < 4.78 is 2.66. The van der Waals surface area contributed by atoms with Gasteiger partial charge in [0.25, 0.3) is 0 Å². The van der Waals surface area contributed by atoms with Crippen LogP contribution in [0.2, 0.25) is 0 Å². The van der Waals surface area contributed by atoms with E-state index >= 15 is 0 Å². The lowest BCUT2D eigenvalue weighted by molar-refractivity contribution is 0.632. The summed E-state index contributed by atoms with van der Waals surface area (Å²) in [5.74, 6) is 0. The Morgan fingerprint density at radius 1 is 0.469 bits per heavy atom. The zero-order valence-electron chi connectivity index (χ0n) is 27.6. The van der Waals surface area contributed by atoms with E-state index in [-0.39, 0.29) is 18.8 Å². The van der Waals surface area contributed by atoms with Gasteiger partial charge in [0.1, 0.15) is 0 Å². The molecule has 2 aliphatic rings. The number of rotatable bonds is 3. The number of hydrogen-bond acceptors (Lipinski definition) is 2. The van der Waals surface area contributed by atoms with Crippen LogP contribution in [-0.2, 0) is 5.41 Å². The molecule has 49 heavy (non-hydrogen) atoms. The summed E-state index contributed by atoms with van der Waals surface area (Å²) >= 11 is 1.91. The van der Waals surface area contributed by atoms with Crippen molar-refractivity contribution in [2.45, 2.75) is 19.3 Å². The van der Waals surface area contributed by atoms with Crippen LogP contribution < -0.4 is 37.7 Å². The van der Waals surface area contributed by atoms with E-state index in [1.165, 1.54) is 81.1 Å². The van der Waals surface area contributed by atoms with Crippen LogP contribution in [0.3, 0.4) is 0 Å². The third kappa shape index (κ3) is 4.20. The van der Waals surface area contributed by atoms with Crippen LogP contribution in [0.1, 0.15) is 25.0 Å². The van der Waals surface area contributed by atoms with E-state index in [2.05, 4.69) is 183 Å². The van der Waals surface area contributed by atoms with Gasteiger partial charge in [0.2, 0.25) is 13.4 Å². The zero-order chi connectivity index (χ0) is 32.7. The fraction of sp³-hybridized carbons (Fsp3) is 0.0667. The highest BCUT2D eigenvalue weighted by Gasteiger charge is 2.39. The van der Waals surface area contributed by atoms with E-state index in [0.717, 1.165) is 0 Å². The lowest BCUT2D eigenvalue weighted by Gasteiger charge is -2.42. The molecule has 1 aromatic heterocycles. The molecule has 0 radical (unpaired) electrons. The quantitative estimate of drug-likeness (QED) is 0.181. The standard InChI is InChI=1S/C45H33B2NS/c1-45(2)33-17-6-12-24-40(33)48(41-25-13-7-18-34(41)45)31-27-28-42-32(29-31)44-39(23-14-26-43(44)49-42)47-37-21-10-8-19-35(37)46(30-15-4-3-5-16-30)36-20-9-11-22-38(36)47/h3-29H,1-2H3. The van der Waals surface area contributed by atoms with Crippen molar-refractivity contribution in [2.24, 2.45) is 0 Å². The molecule has 3 heterocycles. The monoisotopic (exact) mass is 641 g/mol. The molecule has 0 amide bonds. The smallest absolute Gasteiger partial charge is 0.240 e. The van der Waals surface area contributed by atoms with Gasteiger partial charge in [-0.05, 0) is 52.9 Å². The van der Waals surface area contributed by atoms with Crippen molar-refractivity contribution in [3.63, 3.8) is 0 Å². The first-order valence-electron chi connectivity index (χ1n) is 17.3. The molecular formula is C45H33B2NS. The Hall–Kier alpha value is -5.31. The molecule has 1 nitrogen and oxygen atoms in total. The van der Waals surface area contributed by atoms with Crippen molar-refractivity contribution in [2.75, 3.05) is 4.90 Å². The first-order chi connectivity index (χ1) is 24.1. The van der Waals surface area contributed by atoms with Crippen molar-refractivity contribution in [3.05, 3.63) is 175 Å². The molecule has 0 saturated carbocycles. The second kappa shape index (κ2) is 10.9. The Labute approximate surface area is 292 Å². The lowest BCUT2D eigenvalue weighted by atomic mass is 9.21.